The van der Waals surface area contributed by atoms with Gasteiger partial charge in [0.25, 0.3) is 5.91 Å². The maximum atomic E-state index is 12.0. The number of nitrogens with one attached hydrogen (secondary N) is 2. The largest absolute Gasteiger partial charge is 0.495 e. The summed E-state index contributed by atoms with van der Waals surface area (Å²) in [7, 11) is 1.47. The highest BCUT2D eigenvalue weighted by Gasteiger charge is 2.12. The van der Waals surface area contributed by atoms with Crippen LogP contribution in [0.15, 0.2) is 42.5 Å². The van der Waals surface area contributed by atoms with Crippen LogP contribution in [0, 0.1) is 6.92 Å². The molecule has 2 aromatic carbocycles. The lowest BCUT2D eigenvalue weighted by Gasteiger charge is -2.11. The first-order chi connectivity index (χ1) is 13.9. The fourth-order valence-corrected chi connectivity index (χ4v) is 2.67. The van der Waals surface area contributed by atoms with E-state index in [1.54, 1.807) is 12.1 Å². The summed E-state index contributed by atoms with van der Waals surface area (Å²) in [6, 6.07) is 12.2. The first-order valence-electron chi connectivity index (χ1n) is 9.03. The number of halogens is 1. The molecule has 0 aromatic heterocycles. The van der Waals surface area contributed by atoms with Crippen molar-refractivity contribution in [2.45, 2.75) is 26.2 Å². The fraction of sp³-hybridized carbons (Fsp3) is 0.286. The quantitative estimate of drug-likeness (QED) is 0.601. The Bertz CT molecular complexity index is 885. The molecule has 0 unspecified atom stereocenters. The number of amides is 2. The number of benzene rings is 2. The lowest BCUT2D eigenvalue weighted by atomic mass is 10.2. The maximum Gasteiger partial charge on any atom is 0.306 e. The monoisotopic (exact) mass is 418 g/mol. The highest BCUT2D eigenvalue weighted by Crippen LogP contribution is 2.27. The number of esters is 1. The number of carbonyl (C=O) groups excluding carboxylic acids is 3. The van der Waals surface area contributed by atoms with Crippen molar-refractivity contribution in [3.63, 3.8) is 0 Å². The van der Waals surface area contributed by atoms with Crippen molar-refractivity contribution >= 4 is 40.8 Å². The molecule has 2 amide bonds. The second kappa shape index (κ2) is 11.1. The van der Waals surface area contributed by atoms with Crippen LogP contribution in [0.4, 0.5) is 11.4 Å². The summed E-state index contributed by atoms with van der Waals surface area (Å²) in [5.74, 6) is -0.815. The normalized spacial score (nSPS) is 10.2. The Morgan fingerprint density at radius 1 is 0.966 bits per heavy atom. The van der Waals surface area contributed by atoms with Crippen molar-refractivity contribution < 1.29 is 23.9 Å². The number of para-hydroxylation sites is 1. The van der Waals surface area contributed by atoms with Gasteiger partial charge >= 0.3 is 5.97 Å². The molecule has 0 atom stereocenters. The molecule has 2 rings (SSSR count). The van der Waals surface area contributed by atoms with E-state index in [-0.39, 0.29) is 18.7 Å². The molecule has 0 aliphatic rings. The average molecular weight is 419 g/mol. The molecule has 0 saturated heterocycles. The van der Waals surface area contributed by atoms with Gasteiger partial charge < -0.3 is 20.1 Å². The number of rotatable bonds is 9. The molecular formula is C21H23ClN2O5. The Morgan fingerprint density at radius 2 is 1.69 bits per heavy atom. The number of hydrogen-bond acceptors (Lipinski definition) is 5. The van der Waals surface area contributed by atoms with Gasteiger partial charge in [0.05, 0.1) is 12.8 Å². The molecule has 2 aromatic rings. The summed E-state index contributed by atoms with van der Waals surface area (Å²) in [4.78, 5) is 35.7. The first-order valence-corrected chi connectivity index (χ1v) is 9.41. The molecule has 0 bridgehead atoms. The predicted molar refractivity (Wildman–Crippen MR) is 111 cm³/mol. The third kappa shape index (κ3) is 7.46. The van der Waals surface area contributed by atoms with Crippen molar-refractivity contribution in [3.8, 4) is 5.75 Å². The fourth-order valence-electron chi connectivity index (χ4n) is 2.50. The van der Waals surface area contributed by atoms with Crippen LogP contribution in [0.25, 0.3) is 0 Å². The van der Waals surface area contributed by atoms with Gasteiger partial charge in [0.2, 0.25) is 5.91 Å². The molecule has 0 aliphatic carbocycles. The van der Waals surface area contributed by atoms with Gasteiger partial charge in [-0.15, -0.1) is 0 Å². The SMILES string of the molecule is COc1ccc(Cl)cc1NC(=O)COC(=O)CCCC(=O)Nc1ccccc1C. The summed E-state index contributed by atoms with van der Waals surface area (Å²) in [6.07, 6.45) is 0.532. The summed E-state index contributed by atoms with van der Waals surface area (Å²) in [5.41, 5.74) is 2.09. The van der Waals surface area contributed by atoms with Crippen LogP contribution in [0.3, 0.4) is 0 Å². The average Bonchev–Trinajstić information content (AvgIpc) is 2.68. The van der Waals surface area contributed by atoms with E-state index in [4.69, 9.17) is 21.1 Å². The molecule has 0 saturated carbocycles. The molecule has 0 spiro atoms. The summed E-state index contributed by atoms with van der Waals surface area (Å²) in [6.45, 7) is 1.46. The Kier molecular flexibility index (Phi) is 8.48. The third-order valence-corrected chi connectivity index (χ3v) is 4.24. The van der Waals surface area contributed by atoms with E-state index in [0.29, 0.717) is 22.9 Å². The summed E-state index contributed by atoms with van der Waals surface area (Å²) >= 11 is 5.90. The van der Waals surface area contributed by atoms with Crippen molar-refractivity contribution in [2.75, 3.05) is 24.4 Å². The molecule has 154 valence electrons. The zero-order valence-electron chi connectivity index (χ0n) is 16.3. The summed E-state index contributed by atoms with van der Waals surface area (Å²) in [5, 5.41) is 5.81. The summed E-state index contributed by atoms with van der Waals surface area (Å²) < 4.78 is 10.1. The van der Waals surface area contributed by atoms with Crippen LogP contribution in [0.5, 0.6) is 5.75 Å². The maximum absolute atomic E-state index is 12.0. The van der Waals surface area contributed by atoms with Crippen LogP contribution in [-0.2, 0) is 19.1 Å². The van der Waals surface area contributed by atoms with E-state index in [1.165, 1.54) is 13.2 Å². The van der Waals surface area contributed by atoms with Gasteiger partial charge in [-0.05, 0) is 43.2 Å². The molecule has 7 nitrogen and oxygen atoms in total. The van der Waals surface area contributed by atoms with E-state index in [2.05, 4.69) is 10.6 Å². The van der Waals surface area contributed by atoms with E-state index in [0.717, 1.165) is 11.3 Å². The van der Waals surface area contributed by atoms with E-state index >= 15 is 0 Å². The highest BCUT2D eigenvalue weighted by molar-refractivity contribution is 6.31. The smallest absolute Gasteiger partial charge is 0.306 e. The zero-order valence-corrected chi connectivity index (χ0v) is 17.0. The van der Waals surface area contributed by atoms with Crippen LogP contribution < -0.4 is 15.4 Å². The molecule has 0 fully saturated rings. The number of aryl methyl sites for hydroxylation is 1. The minimum Gasteiger partial charge on any atom is -0.495 e. The minimum absolute atomic E-state index is 0.0367. The Morgan fingerprint density at radius 3 is 2.41 bits per heavy atom. The van der Waals surface area contributed by atoms with E-state index in [1.807, 2.05) is 31.2 Å². The van der Waals surface area contributed by atoms with Crippen LogP contribution in [0.2, 0.25) is 5.02 Å². The molecule has 0 heterocycles. The van der Waals surface area contributed by atoms with Crippen LogP contribution >= 0.6 is 11.6 Å². The second-order valence-electron chi connectivity index (χ2n) is 6.27. The van der Waals surface area contributed by atoms with E-state index < -0.39 is 18.5 Å². The molecule has 0 radical (unpaired) electrons. The van der Waals surface area contributed by atoms with Crippen molar-refractivity contribution in [1.29, 1.82) is 0 Å². The molecule has 8 heteroatoms. The number of hydrogen-bond donors (Lipinski definition) is 2. The third-order valence-electron chi connectivity index (χ3n) is 4.00. The van der Waals surface area contributed by atoms with Crippen LogP contribution in [-0.4, -0.2) is 31.5 Å². The van der Waals surface area contributed by atoms with Gasteiger partial charge in [0.15, 0.2) is 6.61 Å². The number of anilines is 2. The first kappa shape index (κ1) is 22.2. The van der Waals surface area contributed by atoms with Gasteiger partial charge in [-0.3, -0.25) is 14.4 Å². The molecule has 29 heavy (non-hydrogen) atoms. The van der Waals surface area contributed by atoms with E-state index in [9.17, 15) is 14.4 Å². The Hall–Kier alpha value is -3.06. The zero-order chi connectivity index (χ0) is 21.2. The van der Waals surface area contributed by atoms with Crippen molar-refractivity contribution in [3.05, 3.63) is 53.1 Å². The van der Waals surface area contributed by atoms with Crippen LogP contribution in [0.1, 0.15) is 24.8 Å². The lowest BCUT2D eigenvalue weighted by Crippen LogP contribution is -2.21. The van der Waals surface area contributed by atoms with Crippen molar-refractivity contribution in [2.24, 2.45) is 0 Å². The minimum atomic E-state index is -0.554. The van der Waals surface area contributed by atoms with Gasteiger partial charge in [-0.1, -0.05) is 29.8 Å². The molecular weight excluding hydrogens is 396 g/mol. The highest BCUT2D eigenvalue weighted by atomic mass is 35.5. The standard InChI is InChI=1S/C21H23ClN2O5/c1-14-6-3-4-7-16(14)23-19(25)8-5-9-21(27)29-13-20(26)24-17-12-15(22)10-11-18(17)28-2/h3-4,6-7,10-12H,5,8-9,13H2,1-2H3,(H,23,25)(H,24,26). The topological polar surface area (TPSA) is 93.7 Å². The lowest BCUT2D eigenvalue weighted by molar-refractivity contribution is -0.147. The second-order valence-corrected chi connectivity index (χ2v) is 6.71. The number of carbonyl (C=O) groups is 3. The van der Waals surface area contributed by atoms with Gasteiger partial charge in [0, 0.05) is 23.6 Å². The molecule has 2 N–H and O–H groups in total. The molecule has 0 aliphatic heterocycles. The van der Waals surface area contributed by atoms with Crippen molar-refractivity contribution in [1.82, 2.24) is 0 Å². The number of ether oxygens (including phenoxy) is 2. The van der Waals surface area contributed by atoms with Gasteiger partial charge in [0.1, 0.15) is 5.75 Å². The number of methoxy groups -OCH3 is 1. The van der Waals surface area contributed by atoms with Gasteiger partial charge in [-0.25, -0.2) is 0 Å². The Balaban J connectivity index is 1.69. The predicted octanol–water partition coefficient (Wildman–Crippen LogP) is 3.95. The van der Waals surface area contributed by atoms with Gasteiger partial charge in [-0.2, -0.15) is 0 Å². The Labute approximate surface area is 174 Å².